The summed E-state index contributed by atoms with van der Waals surface area (Å²) in [5, 5.41) is 10.8. The minimum absolute atomic E-state index is 0.931. The van der Waals surface area contributed by atoms with Crippen molar-refractivity contribution in [3.63, 3.8) is 0 Å². The molecule has 0 N–H and O–H groups in total. The van der Waals surface area contributed by atoms with Crippen LogP contribution in [0.25, 0.3) is 104 Å². The molecule has 0 spiro atoms. The van der Waals surface area contributed by atoms with Gasteiger partial charge in [0.25, 0.3) is 0 Å². The summed E-state index contributed by atoms with van der Waals surface area (Å²) in [5.74, 6) is 0. The smallest absolute Gasteiger partial charge is 0.147 e. The van der Waals surface area contributed by atoms with Gasteiger partial charge in [0, 0.05) is 16.2 Å². The third kappa shape index (κ3) is 3.73. The molecule has 0 saturated carbocycles. The minimum atomic E-state index is 0.931. The summed E-state index contributed by atoms with van der Waals surface area (Å²) < 4.78 is 2.34. The Bertz CT molecular complexity index is 3110. The average molecular weight is 622 g/mol. The zero-order valence-corrected chi connectivity index (χ0v) is 26.4. The molecule has 0 unspecified atom stereocenters. The highest BCUT2D eigenvalue weighted by Crippen LogP contribution is 2.46. The van der Waals surface area contributed by atoms with Crippen LogP contribution in [0.3, 0.4) is 0 Å². The first-order valence-electron chi connectivity index (χ1n) is 16.8. The second-order valence-electron chi connectivity index (χ2n) is 12.9. The summed E-state index contributed by atoms with van der Waals surface area (Å²) in [7, 11) is 0. The van der Waals surface area contributed by atoms with E-state index in [2.05, 4.69) is 168 Å². The fourth-order valence-electron chi connectivity index (χ4n) is 8.19. The molecular weight excluding hydrogens is 595 g/mol. The largest absolute Gasteiger partial charge is 0.292 e. The lowest BCUT2D eigenvalue weighted by molar-refractivity contribution is 1.31. The molecule has 226 valence electrons. The van der Waals surface area contributed by atoms with Crippen LogP contribution in [-0.4, -0.2) is 14.4 Å². The Morgan fingerprint density at radius 3 is 1.76 bits per heavy atom. The van der Waals surface area contributed by atoms with E-state index in [1.807, 2.05) is 0 Å². The Hall–Kier alpha value is -6.58. The van der Waals surface area contributed by atoms with E-state index in [0.717, 1.165) is 49.4 Å². The zero-order chi connectivity index (χ0) is 32.1. The normalized spacial score (nSPS) is 12.1. The number of aromatic nitrogens is 3. The first-order valence-corrected chi connectivity index (χ1v) is 16.8. The Balaban J connectivity index is 1.29. The van der Waals surface area contributed by atoms with Crippen molar-refractivity contribution in [3.8, 4) is 22.3 Å². The van der Waals surface area contributed by atoms with Crippen LogP contribution in [0.4, 0.5) is 0 Å². The van der Waals surface area contributed by atoms with Gasteiger partial charge >= 0.3 is 0 Å². The van der Waals surface area contributed by atoms with Crippen LogP contribution >= 0.6 is 0 Å². The van der Waals surface area contributed by atoms with E-state index in [-0.39, 0.29) is 0 Å². The van der Waals surface area contributed by atoms with Crippen molar-refractivity contribution in [1.82, 2.24) is 14.4 Å². The molecule has 0 radical (unpaired) electrons. The summed E-state index contributed by atoms with van der Waals surface area (Å²) in [4.78, 5) is 10.4. The highest BCUT2D eigenvalue weighted by atomic mass is 15.0. The summed E-state index contributed by atoms with van der Waals surface area (Å²) in [6.07, 6.45) is 0. The van der Waals surface area contributed by atoms with Gasteiger partial charge in [0.05, 0.1) is 27.6 Å². The maximum atomic E-state index is 5.25. The molecule has 0 fully saturated rings. The highest BCUT2D eigenvalue weighted by molar-refractivity contribution is 6.24. The molecule has 0 amide bonds. The lowest BCUT2D eigenvalue weighted by Crippen LogP contribution is -1.95. The van der Waals surface area contributed by atoms with Crippen molar-refractivity contribution < 1.29 is 0 Å². The maximum Gasteiger partial charge on any atom is 0.147 e. The van der Waals surface area contributed by atoms with Crippen LogP contribution in [0.1, 0.15) is 0 Å². The number of hydrogen-bond donors (Lipinski definition) is 0. The van der Waals surface area contributed by atoms with E-state index in [1.54, 1.807) is 0 Å². The topological polar surface area (TPSA) is 30.2 Å². The molecule has 0 saturated heterocycles. The number of pyridine rings is 2. The van der Waals surface area contributed by atoms with Crippen LogP contribution in [0.2, 0.25) is 0 Å². The van der Waals surface area contributed by atoms with E-state index in [1.165, 1.54) is 54.6 Å². The fourth-order valence-corrected chi connectivity index (χ4v) is 8.19. The van der Waals surface area contributed by atoms with Crippen molar-refractivity contribution in [3.05, 3.63) is 164 Å². The lowest BCUT2D eigenvalue weighted by atomic mass is 9.84. The summed E-state index contributed by atoms with van der Waals surface area (Å²) >= 11 is 0. The number of imidazole rings is 1. The van der Waals surface area contributed by atoms with Gasteiger partial charge in [-0.3, -0.25) is 4.40 Å². The predicted molar refractivity (Wildman–Crippen MR) is 206 cm³/mol. The number of rotatable bonds is 2. The van der Waals surface area contributed by atoms with E-state index in [4.69, 9.17) is 9.97 Å². The SMILES string of the molecule is c1ccc2nc3c4ccc(-c5c6ccccc6c(-c6cccc7ccccc67)c6ccccc56)cc4n4c5ccccc5nc4c3cc2c1. The summed E-state index contributed by atoms with van der Waals surface area (Å²) in [6, 6.07) is 59.1. The summed E-state index contributed by atoms with van der Waals surface area (Å²) in [6.45, 7) is 0. The third-order valence-corrected chi connectivity index (χ3v) is 10.3. The predicted octanol–water partition coefficient (Wildman–Crippen LogP) is 12.1. The molecule has 0 aliphatic rings. The van der Waals surface area contributed by atoms with Crippen molar-refractivity contribution in [2.24, 2.45) is 0 Å². The third-order valence-electron chi connectivity index (χ3n) is 10.3. The van der Waals surface area contributed by atoms with Gasteiger partial charge in [-0.05, 0) is 84.9 Å². The van der Waals surface area contributed by atoms with Crippen molar-refractivity contribution >= 4 is 81.7 Å². The van der Waals surface area contributed by atoms with Gasteiger partial charge in [0.15, 0.2) is 0 Å². The molecular formula is C46H27N3. The molecule has 49 heavy (non-hydrogen) atoms. The molecule has 8 aromatic carbocycles. The van der Waals surface area contributed by atoms with Crippen LogP contribution in [-0.2, 0) is 0 Å². The summed E-state index contributed by atoms with van der Waals surface area (Å²) in [5.41, 5.74) is 11.0. The second-order valence-corrected chi connectivity index (χ2v) is 12.9. The van der Waals surface area contributed by atoms with Crippen molar-refractivity contribution in [2.45, 2.75) is 0 Å². The van der Waals surface area contributed by atoms with Crippen LogP contribution < -0.4 is 0 Å². The van der Waals surface area contributed by atoms with Gasteiger partial charge in [-0.2, -0.15) is 0 Å². The Kier molecular flexibility index (Phi) is 5.38. The molecule has 3 aromatic heterocycles. The molecule has 0 aliphatic heterocycles. The zero-order valence-electron chi connectivity index (χ0n) is 26.4. The molecule has 0 aliphatic carbocycles. The Morgan fingerprint density at radius 1 is 0.367 bits per heavy atom. The lowest BCUT2D eigenvalue weighted by Gasteiger charge is -2.19. The Morgan fingerprint density at radius 2 is 0.980 bits per heavy atom. The first-order chi connectivity index (χ1) is 24.3. The van der Waals surface area contributed by atoms with Gasteiger partial charge < -0.3 is 0 Å². The van der Waals surface area contributed by atoms with Gasteiger partial charge in [-0.15, -0.1) is 0 Å². The van der Waals surface area contributed by atoms with E-state index >= 15 is 0 Å². The standard InChI is InChI=1S/C46H27N3/c1-3-15-31-28(12-1)14-11-20-32(31)44-35-18-6-4-16-33(35)43(34-17-5-7-19-36(34)44)30-24-25-37-42(27-30)49-41-23-10-9-22-40(41)48-46(49)38-26-29-13-2-8-21-39(29)47-45(37)38/h1-27H. The van der Waals surface area contributed by atoms with Crippen molar-refractivity contribution in [2.75, 3.05) is 0 Å². The highest BCUT2D eigenvalue weighted by Gasteiger charge is 2.20. The van der Waals surface area contributed by atoms with Gasteiger partial charge in [0.2, 0.25) is 0 Å². The number of fused-ring (bicyclic) bond motifs is 12. The first kappa shape index (κ1) is 26.5. The van der Waals surface area contributed by atoms with Crippen LogP contribution in [0, 0.1) is 0 Å². The number of nitrogens with zero attached hydrogens (tertiary/aromatic N) is 3. The molecule has 3 heteroatoms. The molecule has 11 rings (SSSR count). The maximum absolute atomic E-state index is 5.25. The van der Waals surface area contributed by atoms with Crippen molar-refractivity contribution in [1.29, 1.82) is 0 Å². The Labute approximate surface area is 281 Å². The minimum Gasteiger partial charge on any atom is -0.292 e. The fraction of sp³-hybridized carbons (Fsp3) is 0. The monoisotopic (exact) mass is 621 g/mol. The number of para-hydroxylation sites is 3. The molecule has 0 bridgehead atoms. The van der Waals surface area contributed by atoms with Gasteiger partial charge in [-0.25, -0.2) is 9.97 Å². The van der Waals surface area contributed by atoms with E-state index < -0.39 is 0 Å². The molecule has 0 atom stereocenters. The van der Waals surface area contributed by atoms with E-state index in [9.17, 15) is 0 Å². The number of hydrogen-bond acceptors (Lipinski definition) is 2. The molecule has 11 aromatic rings. The van der Waals surface area contributed by atoms with Gasteiger partial charge in [0.1, 0.15) is 5.65 Å². The second kappa shape index (κ2) is 9.96. The van der Waals surface area contributed by atoms with Gasteiger partial charge in [-0.1, -0.05) is 133 Å². The van der Waals surface area contributed by atoms with Crippen LogP contribution in [0.5, 0.6) is 0 Å². The molecule has 3 heterocycles. The van der Waals surface area contributed by atoms with Crippen LogP contribution in [0.15, 0.2) is 164 Å². The average Bonchev–Trinajstić information content (AvgIpc) is 3.56. The number of benzene rings is 8. The van der Waals surface area contributed by atoms with E-state index in [0.29, 0.717) is 0 Å². The molecule has 3 nitrogen and oxygen atoms in total. The quantitative estimate of drug-likeness (QED) is 0.142.